The molecule has 0 spiro atoms. The summed E-state index contributed by atoms with van der Waals surface area (Å²) in [6.07, 6.45) is 6.43. The number of rotatable bonds is 4. The van der Waals surface area contributed by atoms with Crippen molar-refractivity contribution in [2.75, 3.05) is 0 Å². The Bertz CT molecular complexity index is 391. The number of ketones is 1. The Kier molecular flexibility index (Phi) is 4.57. The number of Topliss-reactive ketones (excluding diaryl/α,β-unsaturated/α-hetero) is 1. The van der Waals surface area contributed by atoms with Crippen LogP contribution in [0.3, 0.4) is 0 Å². The van der Waals surface area contributed by atoms with Crippen molar-refractivity contribution < 1.29 is 4.79 Å². The molecule has 1 saturated carbocycles. The first-order valence-corrected chi connectivity index (χ1v) is 7.29. The second-order valence-corrected chi connectivity index (χ2v) is 5.78. The lowest BCUT2D eigenvalue weighted by molar-refractivity contribution is -0.123. The molecule has 98 valence electrons. The molecular formula is C17H24O. The molecule has 1 fully saturated rings. The zero-order valence-corrected chi connectivity index (χ0v) is 11.6. The van der Waals surface area contributed by atoms with Crippen LogP contribution in [-0.2, 0) is 17.6 Å². The van der Waals surface area contributed by atoms with Crippen LogP contribution < -0.4 is 0 Å². The average molecular weight is 244 g/mol. The van der Waals surface area contributed by atoms with Crippen molar-refractivity contribution >= 4 is 5.78 Å². The van der Waals surface area contributed by atoms with Crippen molar-refractivity contribution in [3.05, 3.63) is 35.4 Å². The van der Waals surface area contributed by atoms with Crippen molar-refractivity contribution in [2.45, 2.75) is 52.4 Å². The summed E-state index contributed by atoms with van der Waals surface area (Å²) in [5.74, 6) is 1.50. The van der Waals surface area contributed by atoms with Crippen LogP contribution in [0.25, 0.3) is 0 Å². The minimum absolute atomic E-state index is 0.319. The Hall–Kier alpha value is -1.11. The molecule has 2 atom stereocenters. The van der Waals surface area contributed by atoms with Gasteiger partial charge < -0.3 is 0 Å². The monoisotopic (exact) mass is 244 g/mol. The molecule has 1 aromatic carbocycles. The molecule has 0 amide bonds. The Morgan fingerprint density at radius 2 is 1.83 bits per heavy atom. The van der Waals surface area contributed by atoms with Gasteiger partial charge >= 0.3 is 0 Å². The van der Waals surface area contributed by atoms with Gasteiger partial charge in [0, 0.05) is 12.3 Å². The predicted molar refractivity (Wildman–Crippen MR) is 75.7 cm³/mol. The summed E-state index contributed by atoms with van der Waals surface area (Å²) < 4.78 is 0. The maximum atomic E-state index is 12.3. The summed E-state index contributed by atoms with van der Waals surface area (Å²) in [7, 11) is 0. The van der Waals surface area contributed by atoms with Gasteiger partial charge in [0.25, 0.3) is 0 Å². The minimum Gasteiger partial charge on any atom is -0.299 e. The molecule has 0 bridgehead atoms. The lowest BCUT2D eigenvalue weighted by atomic mass is 9.79. The van der Waals surface area contributed by atoms with Gasteiger partial charge in [-0.1, -0.05) is 51.0 Å². The van der Waals surface area contributed by atoms with Crippen LogP contribution in [0.5, 0.6) is 0 Å². The van der Waals surface area contributed by atoms with Gasteiger partial charge in [-0.05, 0) is 36.3 Å². The van der Waals surface area contributed by atoms with Crippen molar-refractivity contribution in [3.63, 3.8) is 0 Å². The van der Waals surface area contributed by atoms with E-state index >= 15 is 0 Å². The molecule has 0 N–H and O–H groups in total. The quantitative estimate of drug-likeness (QED) is 0.776. The van der Waals surface area contributed by atoms with E-state index in [1.54, 1.807) is 0 Å². The second kappa shape index (κ2) is 6.17. The summed E-state index contributed by atoms with van der Waals surface area (Å²) in [4.78, 5) is 12.3. The molecule has 1 nitrogen and oxygen atoms in total. The molecular weight excluding hydrogens is 220 g/mol. The summed E-state index contributed by atoms with van der Waals surface area (Å²) in [5, 5.41) is 0. The fourth-order valence-electron chi connectivity index (χ4n) is 2.96. The lowest BCUT2D eigenvalue weighted by Gasteiger charge is -2.25. The standard InChI is InChI=1S/C17H24O/c1-3-14-7-9-15(10-8-14)12-17(18)16-6-4-5-13(2)11-16/h7-10,13,16H,3-6,11-12H2,1-2H3. The number of aryl methyl sites for hydroxylation is 1. The molecule has 0 heterocycles. The first kappa shape index (κ1) is 13.3. The van der Waals surface area contributed by atoms with Gasteiger partial charge in [-0.3, -0.25) is 4.79 Å². The smallest absolute Gasteiger partial charge is 0.140 e. The first-order valence-electron chi connectivity index (χ1n) is 7.29. The summed E-state index contributed by atoms with van der Waals surface area (Å²) in [5.41, 5.74) is 2.52. The van der Waals surface area contributed by atoms with Crippen LogP contribution in [-0.4, -0.2) is 5.78 Å². The predicted octanol–water partition coefficient (Wildman–Crippen LogP) is 4.19. The summed E-state index contributed by atoms with van der Waals surface area (Å²) >= 11 is 0. The number of hydrogen-bond donors (Lipinski definition) is 0. The first-order chi connectivity index (χ1) is 8.69. The van der Waals surface area contributed by atoms with Crippen LogP contribution in [0.4, 0.5) is 0 Å². The molecule has 1 aliphatic rings. The van der Waals surface area contributed by atoms with Crippen LogP contribution in [0.15, 0.2) is 24.3 Å². The SMILES string of the molecule is CCc1ccc(CC(=O)C2CCCC(C)C2)cc1. The van der Waals surface area contributed by atoms with E-state index in [0.29, 0.717) is 18.1 Å². The second-order valence-electron chi connectivity index (χ2n) is 5.78. The third-order valence-corrected chi connectivity index (χ3v) is 4.20. The van der Waals surface area contributed by atoms with Gasteiger partial charge in [0.1, 0.15) is 5.78 Å². The molecule has 1 aliphatic carbocycles. The summed E-state index contributed by atoms with van der Waals surface area (Å²) in [6.45, 7) is 4.43. The number of carbonyl (C=O) groups excluding carboxylic acids is 1. The van der Waals surface area contributed by atoms with E-state index in [2.05, 4.69) is 38.1 Å². The highest BCUT2D eigenvalue weighted by Gasteiger charge is 2.24. The van der Waals surface area contributed by atoms with Gasteiger partial charge in [0.05, 0.1) is 0 Å². The number of benzene rings is 1. The van der Waals surface area contributed by atoms with Crippen molar-refractivity contribution in [3.8, 4) is 0 Å². The van der Waals surface area contributed by atoms with Gasteiger partial charge in [-0.25, -0.2) is 0 Å². The third-order valence-electron chi connectivity index (χ3n) is 4.20. The zero-order valence-electron chi connectivity index (χ0n) is 11.6. The van der Waals surface area contributed by atoms with E-state index < -0.39 is 0 Å². The molecule has 0 aromatic heterocycles. The van der Waals surface area contributed by atoms with Gasteiger partial charge in [0.15, 0.2) is 0 Å². The van der Waals surface area contributed by atoms with E-state index in [0.717, 1.165) is 25.2 Å². The molecule has 0 radical (unpaired) electrons. The maximum absolute atomic E-state index is 12.3. The number of hydrogen-bond acceptors (Lipinski definition) is 1. The molecule has 2 unspecified atom stereocenters. The Labute approximate surface area is 111 Å². The zero-order chi connectivity index (χ0) is 13.0. The molecule has 0 aliphatic heterocycles. The van der Waals surface area contributed by atoms with E-state index in [1.165, 1.54) is 24.0 Å². The largest absolute Gasteiger partial charge is 0.299 e. The van der Waals surface area contributed by atoms with Crippen LogP contribution in [0.2, 0.25) is 0 Å². The molecule has 18 heavy (non-hydrogen) atoms. The highest BCUT2D eigenvalue weighted by atomic mass is 16.1. The Morgan fingerprint density at radius 3 is 2.44 bits per heavy atom. The Morgan fingerprint density at radius 1 is 1.17 bits per heavy atom. The number of carbonyl (C=O) groups is 1. The fraction of sp³-hybridized carbons (Fsp3) is 0.588. The normalized spacial score (nSPS) is 23.9. The van der Waals surface area contributed by atoms with E-state index in [4.69, 9.17) is 0 Å². The summed E-state index contributed by atoms with van der Waals surface area (Å²) in [6, 6.07) is 8.52. The van der Waals surface area contributed by atoms with Gasteiger partial charge in [-0.15, -0.1) is 0 Å². The van der Waals surface area contributed by atoms with Crippen molar-refractivity contribution in [1.29, 1.82) is 0 Å². The highest BCUT2D eigenvalue weighted by molar-refractivity contribution is 5.83. The topological polar surface area (TPSA) is 17.1 Å². The fourth-order valence-corrected chi connectivity index (χ4v) is 2.96. The van der Waals surface area contributed by atoms with E-state index in [1.807, 2.05) is 0 Å². The Balaban J connectivity index is 1.93. The van der Waals surface area contributed by atoms with Crippen molar-refractivity contribution in [1.82, 2.24) is 0 Å². The highest BCUT2D eigenvalue weighted by Crippen LogP contribution is 2.29. The minimum atomic E-state index is 0.319. The van der Waals surface area contributed by atoms with Crippen LogP contribution in [0, 0.1) is 11.8 Å². The lowest BCUT2D eigenvalue weighted by Crippen LogP contribution is -2.23. The van der Waals surface area contributed by atoms with Gasteiger partial charge in [0.2, 0.25) is 0 Å². The van der Waals surface area contributed by atoms with Crippen LogP contribution in [0.1, 0.15) is 50.7 Å². The van der Waals surface area contributed by atoms with Gasteiger partial charge in [-0.2, -0.15) is 0 Å². The molecule has 1 heteroatoms. The third kappa shape index (κ3) is 3.44. The molecule has 0 saturated heterocycles. The van der Waals surface area contributed by atoms with E-state index in [-0.39, 0.29) is 0 Å². The van der Waals surface area contributed by atoms with E-state index in [9.17, 15) is 4.79 Å². The van der Waals surface area contributed by atoms with Crippen molar-refractivity contribution in [2.24, 2.45) is 11.8 Å². The maximum Gasteiger partial charge on any atom is 0.140 e. The molecule has 1 aromatic rings. The molecule has 2 rings (SSSR count). The van der Waals surface area contributed by atoms with Crippen LogP contribution >= 0.6 is 0 Å². The average Bonchev–Trinajstić information content (AvgIpc) is 2.39.